The highest BCUT2D eigenvalue weighted by molar-refractivity contribution is 7.22. The molecular weight excluding hydrogens is 430 g/mol. The molecule has 0 saturated carbocycles. The van der Waals surface area contributed by atoms with Crippen LogP contribution < -0.4 is 9.64 Å². The summed E-state index contributed by atoms with van der Waals surface area (Å²) in [5, 5.41) is 4.67. The number of carbonyl (C=O) groups excluding carboxylic acids is 1. The van der Waals surface area contributed by atoms with Gasteiger partial charge in [0, 0.05) is 13.1 Å². The number of methoxy groups -OCH3 is 1. The predicted molar refractivity (Wildman–Crippen MR) is 122 cm³/mol. The molecule has 158 valence electrons. The number of fused-ring (bicyclic) bond motifs is 1. The number of anilines is 1. The summed E-state index contributed by atoms with van der Waals surface area (Å²) in [7, 11) is 1.64. The van der Waals surface area contributed by atoms with Crippen LogP contribution in [0.3, 0.4) is 0 Å². The Balaban J connectivity index is 0.00000300. The Morgan fingerprint density at radius 3 is 2.48 bits per heavy atom. The Hall–Kier alpha value is -1.81. The summed E-state index contributed by atoms with van der Waals surface area (Å²) in [6.07, 6.45) is 0. The van der Waals surface area contributed by atoms with Gasteiger partial charge in [-0.05, 0) is 50.1 Å². The number of hydrogen-bond donors (Lipinski definition) is 0. The average Bonchev–Trinajstić information content (AvgIpc) is 3.32. The van der Waals surface area contributed by atoms with Crippen LogP contribution in [0, 0.1) is 13.8 Å². The first-order chi connectivity index (χ1) is 13.5. The van der Waals surface area contributed by atoms with E-state index in [1.54, 1.807) is 12.0 Å². The smallest absolute Gasteiger partial charge is 0.273 e. The largest absolute Gasteiger partial charge is 0.494 e. The zero-order valence-corrected chi connectivity index (χ0v) is 19.7. The summed E-state index contributed by atoms with van der Waals surface area (Å²) in [5.74, 6) is 0.616. The summed E-state index contributed by atoms with van der Waals surface area (Å²) in [4.78, 5) is 22.7. The number of ether oxygens (including phenoxy) is 1. The molecule has 0 fully saturated rings. The van der Waals surface area contributed by atoms with Gasteiger partial charge in [0.05, 0.1) is 17.5 Å². The molecule has 10 heteroatoms. The minimum Gasteiger partial charge on any atom is -0.494 e. The fourth-order valence-electron chi connectivity index (χ4n) is 2.99. The highest BCUT2D eigenvalue weighted by atomic mass is 35.5. The molecule has 0 aliphatic carbocycles. The van der Waals surface area contributed by atoms with Crippen LogP contribution in [0.1, 0.15) is 34.8 Å². The van der Waals surface area contributed by atoms with E-state index < -0.39 is 0 Å². The van der Waals surface area contributed by atoms with E-state index in [1.165, 1.54) is 11.3 Å². The van der Waals surface area contributed by atoms with Crippen LogP contribution >= 0.6 is 35.3 Å². The minimum absolute atomic E-state index is 0. The van der Waals surface area contributed by atoms with Crippen molar-refractivity contribution in [3.63, 3.8) is 0 Å². The van der Waals surface area contributed by atoms with Crippen molar-refractivity contribution in [2.75, 3.05) is 38.2 Å². The van der Waals surface area contributed by atoms with Gasteiger partial charge in [-0.3, -0.25) is 9.69 Å². The molecule has 0 radical (unpaired) electrons. The molecule has 1 aromatic carbocycles. The molecule has 0 bridgehead atoms. The number of benzene rings is 1. The molecule has 0 spiro atoms. The lowest BCUT2D eigenvalue weighted by Gasteiger charge is -2.24. The lowest BCUT2D eigenvalue weighted by atomic mass is 10.2. The van der Waals surface area contributed by atoms with E-state index >= 15 is 0 Å². The molecule has 0 N–H and O–H groups in total. The number of rotatable bonds is 8. The van der Waals surface area contributed by atoms with Gasteiger partial charge in [0.2, 0.25) is 0 Å². The van der Waals surface area contributed by atoms with Crippen molar-refractivity contribution >= 4 is 56.5 Å². The third-order valence-electron chi connectivity index (χ3n) is 4.77. The number of thiazole rings is 1. The van der Waals surface area contributed by atoms with Crippen molar-refractivity contribution in [2.45, 2.75) is 27.7 Å². The quantitative estimate of drug-likeness (QED) is 0.507. The first-order valence-corrected chi connectivity index (χ1v) is 10.9. The van der Waals surface area contributed by atoms with Crippen LogP contribution in [0.2, 0.25) is 0 Å². The van der Waals surface area contributed by atoms with Crippen molar-refractivity contribution in [2.24, 2.45) is 0 Å². The summed E-state index contributed by atoms with van der Waals surface area (Å²) in [6.45, 7) is 11.3. The van der Waals surface area contributed by atoms with Gasteiger partial charge in [0.1, 0.15) is 16.1 Å². The van der Waals surface area contributed by atoms with E-state index in [9.17, 15) is 4.79 Å². The Labute approximate surface area is 185 Å². The van der Waals surface area contributed by atoms with Crippen LogP contribution in [0.15, 0.2) is 12.1 Å². The van der Waals surface area contributed by atoms with Crippen molar-refractivity contribution in [1.82, 2.24) is 19.5 Å². The molecule has 7 nitrogen and oxygen atoms in total. The molecule has 2 heterocycles. The normalized spacial score (nSPS) is 11.0. The number of halogens is 1. The Kier molecular flexibility index (Phi) is 8.33. The Morgan fingerprint density at radius 2 is 1.90 bits per heavy atom. The zero-order chi connectivity index (χ0) is 20.3. The highest BCUT2D eigenvalue weighted by Crippen LogP contribution is 2.37. The van der Waals surface area contributed by atoms with E-state index in [2.05, 4.69) is 28.3 Å². The van der Waals surface area contributed by atoms with Gasteiger partial charge in [-0.15, -0.1) is 17.5 Å². The monoisotopic (exact) mass is 455 g/mol. The van der Waals surface area contributed by atoms with Gasteiger partial charge in [-0.1, -0.05) is 35.7 Å². The summed E-state index contributed by atoms with van der Waals surface area (Å²) < 4.78 is 10.4. The van der Waals surface area contributed by atoms with E-state index in [1.807, 2.05) is 26.0 Å². The van der Waals surface area contributed by atoms with Gasteiger partial charge >= 0.3 is 0 Å². The zero-order valence-electron chi connectivity index (χ0n) is 17.3. The standard InChI is InChI=1S/C19H25N5O2S2.ClH/c1-6-23(7-2)10-11-24(18(25)17-13(4)21-22-28-17)19-20-15-14(26-5)9-8-12(3)16(15)27-19;/h8-9H,6-7,10-11H2,1-5H3;1H. The van der Waals surface area contributed by atoms with Crippen molar-refractivity contribution in [1.29, 1.82) is 0 Å². The van der Waals surface area contributed by atoms with Gasteiger partial charge in [0.25, 0.3) is 5.91 Å². The topological polar surface area (TPSA) is 71.5 Å². The number of nitrogens with zero attached hydrogens (tertiary/aromatic N) is 5. The maximum absolute atomic E-state index is 13.3. The van der Waals surface area contributed by atoms with E-state index in [0.717, 1.165) is 52.7 Å². The summed E-state index contributed by atoms with van der Waals surface area (Å²) in [5.41, 5.74) is 2.56. The summed E-state index contributed by atoms with van der Waals surface area (Å²) >= 11 is 2.65. The number of amides is 1. The average molecular weight is 456 g/mol. The fraction of sp³-hybridized carbons (Fsp3) is 0.474. The molecule has 29 heavy (non-hydrogen) atoms. The van der Waals surface area contributed by atoms with Crippen LogP contribution in [0.4, 0.5) is 5.13 Å². The molecule has 3 aromatic rings. The molecule has 0 aliphatic heterocycles. The van der Waals surface area contributed by atoms with Gasteiger partial charge in [-0.2, -0.15) is 0 Å². The van der Waals surface area contributed by atoms with Crippen molar-refractivity contribution in [3.05, 3.63) is 28.3 Å². The lowest BCUT2D eigenvalue weighted by molar-refractivity contribution is 0.0987. The number of aryl methyl sites for hydroxylation is 2. The van der Waals surface area contributed by atoms with E-state index in [4.69, 9.17) is 9.72 Å². The van der Waals surface area contributed by atoms with Crippen LogP contribution in [-0.2, 0) is 0 Å². The number of hydrogen-bond acceptors (Lipinski definition) is 8. The fourth-order valence-corrected chi connectivity index (χ4v) is 4.68. The van der Waals surface area contributed by atoms with Gasteiger partial charge < -0.3 is 9.64 Å². The van der Waals surface area contributed by atoms with E-state index in [-0.39, 0.29) is 18.3 Å². The number of carbonyl (C=O) groups is 1. The van der Waals surface area contributed by atoms with E-state index in [0.29, 0.717) is 22.2 Å². The molecule has 1 amide bonds. The molecule has 2 aromatic heterocycles. The predicted octanol–water partition coefficient (Wildman–Crippen LogP) is 4.18. The van der Waals surface area contributed by atoms with Crippen LogP contribution in [-0.4, -0.2) is 58.7 Å². The maximum atomic E-state index is 13.3. The third kappa shape index (κ3) is 4.85. The number of aromatic nitrogens is 3. The van der Waals surface area contributed by atoms with Gasteiger partial charge in [-0.25, -0.2) is 4.98 Å². The molecule has 0 saturated heterocycles. The molecular formula is C19H26ClN5O2S2. The first kappa shape index (κ1) is 23.5. The van der Waals surface area contributed by atoms with Crippen molar-refractivity contribution < 1.29 is 9.53 Å². The first-order valence-electron chi connectivity index (χ1n) is 9.27. The van der Waals surface area contributed by atoms with Gasteiger partial charge in [0.15, 0.2) is 5.13 Å². The molecule has 0 unspecified atom stereocenters. The molecule has 0 aliphatic rings. The Bertz CT molecular complexity index is 971. The SMILES string of the molecule is CCN(CC)CCN(C(=O)c1snnc1C)c1nc2c(OC)ccc(C)c2s1.Cl. The minimum atomic E-state index is -0.102. The maximum Gasteiger partial charge on any atom is 0.273 e. The second-order valence-corrected chi connectivity index (χ2v) is 8.16. The molecule has 0 atom stereocenters. The van der Waals surface area contributed by atoms with Crippen molar-refractivity contribution in [3.8, 4) is 5.75 Å². The highest BCUT2D eigenvalue weighted by Gasteiger charge is 2.26. The lowest BCUT2D eigenvalue weighted by Crippen LogP contribution is -2.38. The molecule has 3 rings (SSSR count). The van der Waals surface area contributed by atoms with Crippen LogP contribution in [0.5, 0.6) is 5.75 Å². The third-order valence-corrected chi connectivity index (χ3v) is 6.80. The second-order valence-electron chi connectivity index (χ2n) is 6.43. The second kappa shape index (κ2) is 10.3. The summed E-state index contributed by atoms with van der Waals surface area (Å²) in [6, 6.07) is 3.93. The number of likely N-dealkylation sites (N-methyl/N-ethyl adjacent to an activating group) is 1. The van der Waals surface area contributed by atoms with Crippen LogP contribution in [0.25, 0.3) is 10.2 Å². The Morgan fingerprint density at radius 1 is 1.17 bits per heavy atom.